The first-order valence-electron chi connectivity index (χ1n) is 5.45. The van der Waals surface area contributed by atoms with E-state index in [4.69, 9.17) is 5.73 Å². The van der Waals surface area contributed by atoms with Crippen molar-refractivity contribution < 1.29 is 4.39 Å². The van der Waals surface area contributed by atoms with Crippen molar-refractivity contribution in [3.63, 3.8) is 0 Å². The molecule has 3 heteroatoms. The lowest BCUT2D eigenvalue weighted by Crippen LogP contribution is -2.19. The van der Waals surface area contributed by atoms with Crippen LogP contribution in [0.15, 0.2) is 18.2 Å². The van der Waals surface area contributed by atoms with Crippen molar-refractivity contribution in [2.75, 3.05) is 5.75 Å². The summed E-state index contributed by atoms with van der Waals surface area (Å²) >= 11 is 1.76. The molecule has 1 unspecified atom stereocenters. The van der Waals surface area contributed by atoms with Crippen LogP contribution in [0, 0.1) is 12.7 Å². The molecule has 0 bridgehead atoms. The number of nitrogens with two attached hydrogens (primary N) is 1. The number of benzene rings is 1. The van der Waals surface area contributed by atoms with E-state index in [0.717, 1.165) is 11.3 Å². The Bertz CT molecular complexity index is 357. The normalized spacial score (nSPS) is 13.9. The Morgan fingerprint density at radius 3 is 2.56 bits per heavy atom. The molecule has 90 valence electrons. The predicted molar refractivity (Wildman–Crippen MR) is 70.3 cm³/mol. The van der Waals surface area contributed by atoms with E-state index >= 15 is 0 Å². The van der Waals surface area contributed by atoms with E-state index in [1.165, 1.54) is 6.07 Å². The highest BCUT2D eigenvalue weighted by molar-refractivity contribution is 8.00. The van der Waals surface area contributed by atoms with Gasteiger partial charge in [0.2, 0.25) is 0 Å². The van der Waals surface area contributed by atoms with Crippen molar-refractivity contribution in [1.29, 1.82) is 0 Å². The van der Waals surface area contributed by atoms with Crippen LogP contribution in [0.1, 0.15) is 37.9 Å². The van der Waals surface area contributed by atoms with E-state index in [-0.39, 0.29) is 16.6 Å². The Morgan fingerprint density at radius 2 is 2.00 bits per heavy atom. The SMILES string of the molecule is Cc1ccc(F)c(C(N)CSC(C)(C)C)c1. The Morgan fingerprint density at radius 1 is 1.38 bits per heavy atom. The van der Waals surface area contributed by atoms with E-state index in [1.54, 1.807) is 17.8 Å². The number of thioether (sulfide) groups is 1. The standard InChI is InChI=1S/C13H20FNS/c1-9-5-6-11(14)10(7-9)12(15)8-16-13(2,3)4/h5-7,12H,8,15H2,1-4H3. The Labute approximate surface area is 102 Å². The van der Waals surface area contributed by atoms with Crippen molar-refractivity contribution >= 4 is 11.8 Å². The lowest BCUT2D eigenvalue weighted by molar-refractivity contribution is 0.594. The molecule has 1 atom stereocenters. The molecule has 0 amide bonds. The van der Waals surface area contributed by atoms with E-state index < -0.39 is 0 Å². The molecule has 0 heterocycles. The van der Waals surface area contributed by atoms with Gasteiger partial charge in [-0.25, -0.2) is 4.39 Å². The number of aryl methyl sites for hydroxylation is 1. The minimum atomic E-state index is -0.232. The van der Waals surface area contributed by atoms with Crippen LogP contribution < -0.4 is 5.73 Å². The van der Waals surface area contributed by atoms with Crippen LogP contribution in [-0.2, 0) is 0 Å². The number of rotatable bonds is 3. The maximum atomic E-state index is 13.6. The smallest absolute Gasteiger partial charge is 0.128 e. The van der Waals surface area contributed by atoms with Gasteiger partial charge in [-0.1, -0.05) is 38.5 Å². The number of hydrogen-bond acceptors (Lipinski definition) is 2. The van der Waals surface area contributed by atoms with Crippen LogP contribution in [-0.4, -0.2) is 10.5 Å². The molecule has 1 aromatic carbocycles. The highest BCUT2D eigenvalue weighted by atomic mass is 32.2. The third-order valence-corrected chi connectivity index (χ3v) is 3.64. The van der Waals surface area contributed by atoms with Gasteiger partial charge in [-0.15, -0.1) is 0 Å². The molecule has 0 aromatic heterocycles. The summed E-state index contributed by atoms with van der Waals surface area (Å²) < 4.78 is 13.7. The van der Waals surface area contributed by atoms with E-state index in [2.05, 4.69) is 20.8 Å². The molecule has 16 heavy (non-hydrogen) atoms. The first kappa shape index (κ1) is 13.5. The zero-order valence-electron chi connectivity index (χ0n) is 10.4. The molecule has 1 aromatic rings. The minimum absolute atomic E-state index is 0.165. The molecule has 0 radical (unpaired) electrons. The molecule has 1 nitrogen and oxygen atoms in total. The van der Waals surface area contributed by atoms with Crippen molar-refractivity contribution in [3.05, 3.63) is 35.1 Å². The fourth-order valence-electron chi connectivity index (χ4n) is 1.38. The van der Waals surface area contributed by atoms with Crippen LogP contribution in [0.5, 0.6) is 0 Å². The van der Waals surface area contributed by atoms with Gasteiger partial charge >= 0.3 is 0 Å². The van der Waals surface area contributed by atoms with Crippen LogP contribution in [0.25, 0.3) is 0 Å². The lowest BCUT2D eigenvalue weighted by Gasteiger charge is -2.21. The summed E-state index contributed by atoms with van der Waals surface area (Å²) in [6.07, 6.45) is 0. The summed E-state index contributed by atoms with van der Waals surface area (Å²) in [4.78, 5) is 0. The summed E-state index contributed by atoms with van der Waals surface area (Å²) in [5.41, 5.74) is 7.68. The summed E-state index contributed by atoms with van der Waals surface area (Å²) in [5.74, 6) is 0.539. The van der Waals surface area contributed by atoms with Gasteiger partial charge in [0.15, 0.2) is 0 Å². The Balaban J connectivity index is 2.73. The van der Waals surface area contributed by atoms with Crippen molar-refractivity contribution in [3.8, 4) is 0 Å². The molecule has 0 saturated heterocycles. The summed E-state index contributed by atoms with van der Waals surface area (Å²) in [6.45, 7) is 8.36. The quantitative estimate of drug-likeness (QED) is 0.874. The van der Waals surface area contributed by atoms with Gasteiger partial charge in [0.1, 0.15) is 5.82 Å². The van der Waals surface area contributed by atoms with Crippen LogP contribution in [0.2, 0.25) is 0 Å². The van der Waals surface area contributed by atoms with E-state index in [9.17, 15) is 4.39 Å². The highest BCUT2D eigenvalue weighted by Crippen LogP contribution is 2.28. The summed E-state index contributed by atoms with van der Waals surface area (Å²) in [7, 11) is 0. The van der Waals surface area contributed by atoms with Crippen molar-refractivity contribution in [1.82, 2.24) is 0 Å². The molecule has 0 saturated carbocycles. The molecule has 0 aliphatic rings. The molecule has 1 rings (SSSR count). The first-order valence-corrected chi connectivity index (χ1v) is 6.44. The van der Waals surface area contributed by atoms with Crippen molar-refractivity contribution in [2.24, 2.45) is 5.73 Å². The zero-order valence-corrected chi connectivity index (χ0v) is 11.2. The molecular formula is C13H20FNS. The average Bonchev–Trinajstić information content (AvgIpc) is 2.17. The Hall–Kier alpha value is -0.540. The molecule has 0 fully saturated rings. The molecule has 0 spiro atoms. The second kappa shape index (κ2) is 5.19. The number of hydrogen-bond donors (Lipinski definition) is 1. The van der Waals surface area contributed by atoms with Gasteiger partial charge in [0, 0.05) is 22.1 Å². The second-order valence-electron chi connectivity index (χ2n) is 5.05. The van der Waals surface area contributed by atoms with Gasteiger partial charge in [0.25, 0.3) is 0 Å². The molecular weight excluding hydrogens is 221 g/mol. The third-order valence-electron chi connectivity index (χ3n) is 2.25. The molecule has 0 aliphatic heterocycles. The van der Waals surface area contributed by atoms with E-state index in [1.807, 2.05) is 13.0 Å². The van der Waals surface area contributed by atoms with Gasteiger partial charge in [-0.05, 0) is 13.0 Å². The van der Waals surface area contributed by atoms with Gasteiger partial charge < -0.3 is 5.73 Å². The summed E-state index contributed by atoms with van der Waals surface area (Å²) in [6, 6.07) is 4.86. The number of halogens is 1. The fraction of sp³-hybridized carbons (Fsp3) is 0.538. The van der Waals surface area contributed by atoms with Gasteiger partial charge in [-0.3, -0.25) is 0 Å². The maximum absolute atomic E-state index is 13.6. The molecule has 2 N–H and O–H groups in total. The Kier molecular flexibility index (Phi) is 4.39. The second-order valence-corrected chi connectivity index (χ2v) is 6.90. The first-order chi connectivity index (χ1) is 7.29. The molecule has 0 aliphatic carbocycles. The van der Waals surface area contributed by atoms with Crippen LogP contribution >= 0.6 is 11.8 Å². The third kappa shape index (κ3) is 4.14. The van der Waals surface area contributed by atoms with Crippen LogP contribution in [0.3, 0.4) is 0 Å². The predicted octanol–water partition coefficient (Wildman–Crippen LogP) is 3.67. The largest absolute Gasteiger partial charge is 0.323 e. The minimum Gasteiger partial charge on any atom is -0.323 e. The fourth-order valence-corrected chi connectivity index (χ4v) is 2.24. The summed E-state index contributed by atoms with van der Waals surface area (Å²) in [5, 5.41) is 0. The van der Waals surface area contributed by atoms with Crippen LogP contribution in [0.4, 0.5) is 4.39 Å². The monoisotopic (exact) mass is 241 g/mol. The topological polar surface area (TPSA) is 26.0 Å². The van der Waals surface area contributed by atoms with Gasteiger partial charge in [0.05, 0.1) is 0 Å². The lowest BCUT2D eigenvalue weighted by atomic mass is 10.1. The maximum Gasteiger partial charge on any atom is 0.128 e. The van der Waals surface area contributed by atoms with Crippen molar-refractivity contribution in [2.45, 2.75) is 38.5 Å². The van der Waals surface area contributed by atoms with E-state index in [0.29, 0.717) is 5.56 Å². The average molecular weight is 241 g/mol. The highest BCUT2D eigenvalue weighted by Gasteiger charge is 2.16. The van der Waals surface area contributed by atoms with Gasteiger partial charge in [-0.2, -0.15) is 11.8 Å². The zero-order chi connectivity index (χ0) is 12.3.